The van der Waals surface area contributed by atoms with Gasteiger partial charge >= 0.3 is 0 Å². The fourth-order valence-electron chi connectivity index (χ4n) is 1.89. The van der Waals surface area contributed by atoms with Crippen LogP contribution >= 0.6 is 0 Å². The molecular formula is C16H31N3. The fourth-order valence-corrected chi connectivity index (χ4v) is 1.89. The molecule has 19 heavy (non-hydrogen) atoms. The predicted octanol–water partition coefficient (Wildman–Crippen LogP) is 3.79. The number of hydrogen-bond donors (Lipinski definition) is 1. The number of rotatable bonds is 8. The summed E-state index contributed by atoms with van der Waals surface area (Å²) in [6.45, 7) is 18.9. The molecule has 0 spiro atoms. The maximum absolute atomic E-state index is 5.50. The first-order chi connectivity index (χ1) is 8.77. The zero-order chi connectivity index (χ0) is 15.0. The zero-order valence-corrected chi connectivity index (χ0v) is 13.5. The van der Waals surface area contributed by atoms with Gasteiger partial charge in [-0.15, -0.1) is 0 Å². The molecule has 0 aliphatic rings. The largest absolute Gasteiger partial charge is 0.384 e. The molecule has 0 bridgehead atoms. The third-order valence-corrected chi connectivity index (χ3v) is 3.38. The Morgan fingerprint density at radius 1 is 1.32 bits per heavy atom. The van der Waals surface area contributed by atoms with Gasteiger partial charge in [0.15, 0.2) is 0 Å². The summed E-state index contributed by atoms with van der Waals surface area (Å²) in [6.07, 6.45) is 3.23. The molecule has 0 aromatic heterocycles. The monoisotopic (exact) mass is 265 g/mol. The molecule has 0 heterocycles. The van der Waals surface area contributed by atoms with E-state index in [0.717, 1.165) is 25.2 Å². The first kappa shape index (κ1) is 17.8. The van der Waals surface area contributed by atoms with Gasteiger partial charge in [0.1, 0.15) is 5.82 Å². The Hall–Kier alpha value is -1.25. The first-order valence-corrected chi connectivity index (χ1v) is 7.20. The molecule has 0 aromatic carbocycles. The van der Waals surface area contributed by atoms with Crippen LogP contribution in [0.3, 0.4) is 0 Å². The minimum atomic E-state index is 0.360. The number of hydrogen-bond acceptors (Lipinski definition) is 3. The minimum Gasteiger partial charge on any atom is -0.384 e. The van der Waals surface area contributed by atoms with Crippen LogP contribution in [0.5, 0.6) is 0 Å². The smallest absolute Gasteiger partial charge is 0.116 e. The van der Waals surface area contributed by atoms with Crippen molar-refractivity contribution in [2.24, 2.45) is 22.6 Å². The fraction of sp³-hybridized carbons (Fsp3) is 0.688. The third-order valence-electron chi connectivity index (χ3n) is 3.38. The van der Waals surface area contributed by atoms with E-state index in [9.17, 15) is 0 Å². The molecular weight excluding hydrogens is 234 g/mol. The summed E-state index contributed by atoms with van der Waals surface area (Å²) in [7, 11) is 0. The average Bonchev–Trinajstić information content (AvgIpc) is 2.26. The van der Waals surface area contributed by atoms with Crippen molar-refractivity contribution in [3.8, 4) is 0 Å². The van der Waals surface area contributed by atoms with Crippen molar-refractivity contribution in [3.05, 3.63) is 24.2 Å². The summed E-state index contributed by atoms with van der Waals surface area (Å²) >= 11 is 0. The van der Waals surface area contributed by atoms with Gasteiger partial charge in [-0.05, 0) is 38.2 Å². The van der Waals surface area contributed by atoms with Crippen LogP contribution in [0, 0.1) is 11.8 Å². The normalized spacial score (nSPS) is 14.7. The molecule has 2 N–H and O–H groups in total. The van der Waals surface area contributed by atoms with Crippen molar-refractivity contribution >= 4 is 5.71 Å². The molecule has 0 amide bonds. The van der Waals surface area contributed by atoms with Crippen molar-refractivity contribution in [2.45, 2.75) is 48.0 Å². The van der Waals surface area contributed by atoms with Crippen LogP contribution in [0.15, 0.2) is 29.2 Å². The van der Waals surface area contributed by atoms with Crippen LogP contribution in [-0.4, -0.2) is 23.7 Å². The maximum atomic E-state index is 5.50. The lowest BCUT2D eigenvalue weighted by Gasteiger charge is -2.30. The Morgan fingerprint density at radius 3 is 2.32 bits per heavy atom. The van der Waals surface area contributed by atoms with Crippen LogP contribution in [0.1, 0.15) is 48.0 Å². The van der Waals surface area contributed by atoms with Crippen LogP contribution in [0.25, 0.3) is 0 Å². The van der Waals surface area contributed by atoms with E-state index in [1.54, 1.807) is 0 Å². The van der Waals surface area contributed by atoms with Gasteiger partial charge in [-0.3, -0.25) is 0 Å². The second-order valence-corrected chi connectivity index (χ2v) is 5.70. The molecule has 0 rings (SSSR count). The molecule has 0 aromatic rings. The van der Waals surface area contributed by atoms with Gasteiger partial charge in [0.25, 0.3) is 0 Å². The molecule has 3 nitrogen and oxygen atoms in total. The molecule has 1 atom stereocenters. The molecule has 0 saturated heterocycles. The molecule has 0 aliphatic carbocycles. The summed E-state index contributed by atoms with van der Waals surface area (Å²) in [5.41, 5.74) is 7.65. The molecule has 110 valence electrons. The van der Waals surface area contributed by atoms with Crippen LogP contribution in [-0.2, 0) is 0 Å². The molecule has 0 fully saturated rings. The van der Waals surface area contributed by atoms with Gasteiger partial charge in [0.05, 0.1) is 0 Å². The minimum absolute atomic E-state index is 0.360. The Labute approximate surface area is 119 Å². The van der Waals surface area contributed by atoms with Crippen LogP contribution < -0.4 is 5.73 Å². The summed E-state index contributed by atoms with van der Waals surface area (Å²) in [5, 5.41) is 0. The number of nitrogens with two attached hydrogens (primary N) is 1. The highest BCUT2D eigenvalue weighted by Gasteiger charge is 2.13. The van der Waals surface area contributed by atoms with Crippen LogP contribution in [0.4, 0.5) is 0 Å². The van der Waals surface area contributed by atoms with E-state index in [-0.39, 0.29) is 0 Å². The SMILES string of the molecule is C=C(N)/N=C(C)\C=C(/C)N(CCC)CC(C)C(C)C. The standard InChI is InChI=1S/C16H31N3/c1-8-9-19(11-13(4)12(2)3)15(6)10-14(5)18-16(7)17/h10,12-13H,7-9,11,17H2,1-6H3/b15-10+,18-14-. The summed E-state index contributed by atoms with van der Waals surface area (Å²) < 4.78 is 0. The quantitative estimate of drug-likeness (QED) is 0.678. The average molecular weight is 265 g/mol. The highest BCUT2D eigenvalue weighted by atomic mass is 15.1. The summed E-state index contributed by atoms with van der Waals surface area (Å²) in [5.74, 6) is 1.74. The van der Waals surface area contributed by atoms with E-state index in [1.807, 2.05) is 6.92 Å². The second-order valence-electron chi connectivity index (χ2n) is 5.70. The molecule has 3 heteroatoms. The summed E-state index contributed by atoms with van der Waals surface area (Å²) in [6, 6.07) is 0. The number of aliphatic imine (C=N–C) groups is 1. The van der Waals surface area contributed by atoms with Gasteiger partial charge in [0.2, 0.25) is 0 Å². The Morgan fingerprint density at radius 2 is 1.89 bits per heavy atom. The van der Waals surface area contributed by atoms with Crippen molar-refractivity contribution in [1.82, 2.24) is 4.90 Å². The lowest BCUT2D eigenvalue weighted by Crippen LogP contribution is -2.30. The first-order valence-electron chi connectivity index (χ1n) is 7.20. The van der Waals surface area contributed by atoms with Crippen molar-refractivity contribution in [1.29, 1.82) is 0 Å². The summed E-state index contributed by atoms with van der Waals surface area (Å²) in [4.78, 5) is 6.60. The van der Waals surface area contributed by atoms with E-state index >= 15 is 0 Å². The lowest BCUT2D eigenvalue weighted by atomic mass is 9.97. The van der Waals surface area contributed by atoms with Gasteiger partial charge < -0.3 is 10.6 Å². The zero-order valence-electron chi connectivity index (χ0n) is 13.5. The predicted molar refractivity (Wildman–Crippen MR) is 86.1 cm³/mol. The van der Waals surface area contributed by atoms with Gasteiger partial charge in [0, 0.05) is 24.5 Å². The van der Waals surface area contributed by atoms with E-state index in [2.05, 4.69) is 57.2 Å². The Balaban J connectivity index is 4.87. The molecule has 0 radical (unpaired) electrons. The van der Waals surface area contributed by atoms with Crippen molar-refractivity contribution < 1.29 is 0 Å². The lowest BCUT2D eigenvalue weighted by molar-refractivity contribution is 0.257. The molecule has 1 unspecified atom stereocenters. The van der Waals surface area contributed by atoms with Gasteiger partial charge in [-0.1, -0.05) is 34.3 Å². The van der Waals surface area contributed by atoms with Crippen molar-refractivity contribution in [3.63, 3.8) is 0 Å². The maximum Gasteiger partial charge on any atom is 0.116 e. The topological polar surface area (TPSA) is 41.6 Å². The second kappa shape index (κ2) is 8.78. The van der Waals surface area contributed by atoms with E-state index in [4.69, 9.17) is 5.73 Å². The van der Waals surface area contributed by atoms with Crippen molar-refractivity contribution in [2.75, 3.05) is 13.1 Å². The Kier molecular flexibility index (Phi) is 8.21. The van der Waals surface area contributed by atoms with Gasteiger partial charge in [-0.25, -0.2) is 4.99 Å². The highest BCUT2D eigenvalue weighted by Crippen LogP contribution is 2.15. The molecule has 0 saturated carbocycles. The number of nitrogens with zero attached hydrogens (tertiary/aromatic N) is 2. The Bertz CT molecular complexity index is 340. The van der Waals surface area contributed by atoms with E-state index < -0.39 is 0 Å². The molecule has 0 aliphatic heterocycles. The highest BCUT2D eigenvalue weighted by molar-refractivity contribution is 5.93. The van der Waals surface area contributed by atoms with Crippen LogP contribution in [0.2, 0.25) is 0 Å². The number of allylic oxidation sites excluding steroid dienone is 2. The van der Waals surface area contributed by atoms with Gasteiger partial charge in [-0.2, -0.15) is 0 Å². The van der Waals surface area contributed by atoms with E-state index in [0.29, 0.717) is 17.7 Å². The third kappa shape index (κ3) is 7.70. The van der Waals surface area contributed by atoms with E-state index in [1.165, 1.54) is 5.70 Å².